The number of benzene rings is 1. The van der Waals surface area contributed by atoms with Crippen molar-refractivity contribution in [3.05, 3.63) is 17.7 Å². The number of alkyl halides is 9. The first-order valence-corrected chi connectivity index (χ1v) is 7.13. The predicted molar refractivity (Wildman–Crippen MR) is 70.1 cm³/mol. The minimum Gasteiger partial charge on any atom is -0.402 e. The van der Waals surface area contributed by atoms with Crippen molar-refractivity contribution >= 4 is 0 Å². The van der Waals surface area contributed by atoms with Crippen LogP contribution in [0.25, 0.3) is 0 Å². The molecule has 1 aliphatic heterocycles. The second-order valence-electron chi connectivity index (χ2n) is 5.17. The number of halogens is 9. The van der Waals surface area contributed by atoms with Gasteiger partial charge < -0.3 is 24.8 Å². The number of hydrogen-bond donors (Lipinski definition) is 2. The van der Waals surface area contributed by atoms with Crippen LogP contribution in [-0.2, 0) is 0 Å². The third-order valence-corrected chi connectivity index (χ3v) is 3.18. The highest BCUT2D eigenvalue weighted by atomic mass is 19.4. The monoisotopic (exact) mass is 414 g/mol. The van der Waals surface area contributed by atoms with Gasteiger partial charge in [0, 0.05) is 31.2 Å². The van der Waals surface area contributed by atoms with Crippen molar-refractivity contribution in [2.45, 2.75) is 25.1 Å². The number of rotatable bonds is 4. The van der Waals surface area contributed by atoms with Crippen molar-refractivity contribution in [2.24, 2.45) is 0 Å². The molecule has 0 amide bonds. The van der Waals surface area contributed by atoms with E-state index < -0.39 is 47.9 Å². The summed E-state index contributed by atoms with van der Waals surface area (Å²) < 4.78 is 124. The third-order valence-electron chi connectivity index (χ3n) is 3.18. The van der Waals surface area contributed by atoms with E-state index in [1.165, 1.54) is 0 Å². The first-order valence-electron chi connectivity index (χ1n) is 7.13. The molecule has 2 N–H and O–H groups in total. The molecule has 5 nitrogen and oxygen atoms in total. The average molecular weight is 414 g/mol. The molecule has 1 unspecified atom stereocenters. The zero-order valence-corrected chi connectivity index (χ0v) is 13.0. The zero-order chi connectivity index (χ0) is 20.5. The van der Waals surface area contributed by atoms with Gasteiger partial charge in [0.2, 0.25) is 5.75 Å². The molecule has 0 spiro atoms. The lowest BCUT2D eigenvalue weighted by Gasteiger charge is -2.28. The Kier molecular flexibility index (Phi) is 5.89. The molecule has 1 saturated heterocycles. The molecule has 1 heterocycles. The molecule has 0 saturated carbocycles. The molecule has 1 aliphatic rings. The van der Waals surface area contributed by atoms with Crippen LogP contribution in [0.2, 0.25) is 0 Å². The summed E-state index contributed by atoms with van der Waals surface area (Å²) in [5.74, 6) is -5.10. The molecule has 2 rings (SSSR count). The maximum absolute atomic E-state index is 12.7. The molecule has 0 radical (unpaired) electrons. The SMILES string of the molecule is FC(F)(F)Oc1ccc(C2CNCCN2)c(OC(F)(F)F)c1OC(F)(F)F. The number of nitrogens with one attached hydrogen (secondary N) is 2. The van der Waals surface area contributed by atoms with Crippen molar-refractivity contribution in [3.8, 4) is 17.2 Å². The molecule has 1 fully saturated rings. The summed E-state index contributed by atoms with van der Waals surface area (Å²) in [6.07, 6.45) is -16.6. The van der Waals surface area contributed by atoms with E-state index in [4.69, 9.17) is 0 Å². The fourth-order valence-electron chi connectivity index (χ4n) is 2.35. The van der Waals surface area contributed by atoms with Crippen LogP contribution in [0.4, 0.5) is 39.5 Å². The topological polar surface area (TPSA) is 51.8 Å². The van der Waals surface area contributed by atoms with Crippen molar-refractivity contribution in [3.63, 3.8) is 0 Å². The van der Waals surface area contributed by atoms with E-state index in [2.05, 4.69) is 24.8 Å². The van der Waals surface area contributed by atoms with Crippen molar-refractivity contribution in [1.82, 2.24) is 10.6 Å². The number of ether oxygens (including phenoxy) is 3. The molecular weight excluding hydrogens is 403 g/mol. The minimum atomic E-state index is -5.61. The van der Waals surface area contributed by atoms with Crippen LogP contribution in [0, 0.1) is 0 Å². The van der Waals surface area contributed by atoms with Gasteiger partial charge in [-0.3, -0.25) is 0 Å². The minimum absolute atomic E-state index is 0.0147. The lowest BCUT2D eigenvalue weighted by molar-refractivity contribution is -0.293. The van der Waals surface area contributed by atoms with E-state index in [9.17, 15) is 39.5 Å². The third kappa shape index (κ3) is 6.53. The lowest BCUT2D eigenvalue weighted by Crippen LogP contribution is -2.43. The second kappa shape index (κ2) is 7.50. The summed E-state index contributed by atoms with van der Waals surface area (Å²) >= 11 is 0. The molecule has 154 valence electrons. The first kappa shape index (κ1) is 21.2. The highest BCUT2D eigenvalue weighted by Gasteiger charge is 2.42. The average Bonchev–Trinajstić information content (AvgIpc) is 2.47. The Bertz CT molecular complexity index is 652. The quantitative estimate of drug-likeness (QED) is 0.738. The Morgan fingerprint density at radius 3 is 1.78 bits per heavy atom. The Morgan fingerprint density at radius 1 is 0.741 bits per heavy atom. The van der Waals surface area contributed by atoms with Crippen molar-refractivity contribution in [1.29, 1.82) is 0 Å². The van der Waals surface area contributed by atoms with Crippen LogP contribution in [0.3, 0.4) is 0 Å². The standard InChI is InChI=1S/C13H11F9N2O3/c14-11(15,16)25-8-2-1-6(7-5-23-3-4-24-7)9(26-12(17,18)19)10(8)27-13(20,21)22/h1-2,7,23-24H,3-5H2. The number of hydrogen-bond acceptors (Lipinski definition) is 5. The Labute approximate surface area is 145 Å². The fraction of sp³-hybridized carbons (Fsp3) is 0.538. The summed E-state index contributed by atoms with van der Waals surface area (Å²) in [4.78, 5) is 0. The van der Waals surface area contributed by atoms with Gasteiger partial charge in [0.05, 0.1) is 0 Å². The van der Waals surface area contributed by atoms with Crippen LogP contribution in [0.5, 0.6) is 17.2 Å². The summed E-state index contributed by atoms with van der Waals surface area (Å²) in [6.45, 7) is 0.651. The highest BCUT2D eigenvalue weighted by molar-refractivity contribution is 5.57. The molecule has 1 aromatic carbocycles. The lowest BCUT2D eigenvalue weighted by atomic mass is 10.0. The van der Waals surface area contributed by atoms with Gasteiger partial charge in [0.15, 0.2) is 11.5 Å². The fourth-order valence-corrected chi connectivity index (χ4v) is 2.35. The van der Waals surface area contributed by atoms with E-state index in [0.29, 0.717) is 12.6 Å². The van der Waals surface area contributed by atoms with Crippen LogP contribution in [0.15, 0.2) is 12.1 Å². The largest absolute Gasteiger partial charge is 0.573 e. The zero-order valence-electron chi connectivity index (χ0n) is 13.0. The molecule has 1 atom stereocenters. The van der Waals surface area contributed by atoms with Gasteiger partial charge in [-0.15, -0.1) is 39.5 Å². The maximum atomic E-state index is 12.7. The van der Waals surface area contributed by atoms with E-state index in [-0.39, 0.29) is 13.1 Å². The Morgan fingerprint density at radius 2 is 1.30 bits per heavy atom. The number of piperazine rings is 1. The summed E-state index contributed by atoms with van der Waals surface area (Å²) in [5, 5.41) is 5.48. The Balaban J connectivity index is 2.61. The summed E-state index contributed by atoms with van der Waals surface area (Å²) in [7, 11) is 0. The molecule has 14 heteroatoms. The van der Waals surface area contributed by atoms with E-state index in [1.54, 1.807) is 0 Å². The Hall–Kier alpha value is -2.09. The maximum Gasteiger partial charge on any atom is 0.573 e. The van der Waals surface area contributed by atoms with Crippen LogP contribution in [-0.4, -0.2) is 38.7 Å². The van der Waals surface area contributed by atoms with Gasteiger partial charge in [-0.2, -0.15) is 0 Å². The smallest absolute Gasteiger partial charge is 0.402 e. The van der Waals surface area contributed by atoms with Crippen molar-refractivity contribution < 1.29 is 53.7 Å². The van der Waals surface area contributed by atoms with Crippen molar-refractivity contribution in [2.75, 3.05) is 19.6 Å². The molecule has 0 aliphatic carbocycles. The first-order chi connectivity index (χ1) is 12.3. The summed E-state index contributed by atoms with van der Waals surface area (Å²) in [6, 6.07) is 0.172. The molecular formula is C13H11F9N2O3. The van der Waals surface area contributed by atoms with Gasteiger partial charge in [0.25, 0.3) is 0 Å². The van der Waals surface area contributed by atoms with E-state index >= 15 is 0 Å². The van der Waals surface area contributed by atoms with Crippen LogP contribution < -0.4 is 24.8 Å². The van der Waals surface area contributed by atoms with Crippen LogP contribution >= 0.6 is 0 Å². The second-order valence-corrected chi connectivity index (χ2v) is 5.17. The van der Waals surface area contributed by atoms with Gasteiger partial charge in [0.1, 0.15) is 0 Å². The van der Waals surface area contributed by atoms with Gasteiger partial charge in [-0.25, -0.2) is 0 Å². The van der Waals surface area contributed by atoms with E-state index in [1.807, 2.05) is 0 Å². The normalized spacial score (nSPS) is 18.9. The molecule has 0 aromatic heterocycles. The van der Waals surface area contributed by atoms with Gasteiger partial charge in [-0.05, 0) is 12.1 Å². The van der Waals surface area contributed by atoms with Gasteiger partial charge >= 0.3 is 19.1 Å². The molecule has 27 heavy (non-hydrogen) atoms. The van der Waals surface area contributed by atoms with E-state index in [0.717, 1.165) is 6.07 Å². The molecule has 0 bridgehead atoms. The highest BCUT2D eigenvalue weighted by Crippen LogP contribution is 2.48. The van der Waals surface area contributed by atoms with Gasteiger partial charge in [-0.1, -0.05) is 0 Å². The molecule has 1 aromatic rings. The van der Waals surface area contributed by atoms with Crippen LogP contribution in [0.1, 0.15) is 11.6 Å². The predicted octanol–water partition coefficient (Wildman–Crippen LogP) is 3.62. The summed E-state index contributed by atoms with van der Waals surface area (Å²) in [5.41, 5.74) is -0.492.